The van der Waals surface area contributed by atoms with E-state index in [2.05, 4.69) is 10.3 Å². The van der Waals surface area contributed by atoms with Crippen molar-refractivity contribution >= 4 is 10.9 Å². The van der Waals surface area contributed by atoms with Crippen molar-refractivity contribution < 1.29 is 10.2 Å². The number of rotatable bonds is 4. The van der Waals surface area contributed by atoms with Crippen molar-refractivity contribution in [1.29, 1.82) is 0 Å². The monoisotopic (exact) mass is 234 g/mol. The minimum absolute atomic E-state index is 0.361. The summed E-state index contributed by atoms with van der Waals surface area (Å²) in [5, 5.41) is 23.8. The standard InChI is InChI=1S/C13H18N2O2/c1-8-4-3-5-10-12(8)9(6-15-10)13(17)11(16)7-14-2/h3-6,11,13-17H,7H2,1-2H3. The van der Waals surface area contributed by atoms with Gasteiger partial charge >= 0.3 is 0 Å². The number of benzene rings is 1. The second-order valence-electron chi connectivity index (χ2n) is 4.31. The van der Waals surface area contributed by atoms with Crippen LogP contribution in [0.15, 0.2) is 24.4 Å². The van der Waals surface area contributed by atoms with Crippen molar-refractivity contribution in [3.63, 3.8) is 0 Å². The predicted octanol–water partition coefficient (Wildman–Crippen LogP) is 1.09. The summed E-state index contributed by atoms with van der Waals surface area (Å²) in [4.78, 5) is 3.12. The van der Waals surface area contributed by atoms with Crippen molar-refractivity contribution in [3.8, 4) is 0 Å². The Kier molecular flexibility index (Phi) is 3.47. The lowest BCUT2D eigenvalue weighted by atomic mass is 10.0. The molecule has 17 heavy (non-hydrogen) atoms. The average molecular weight is 234 g/mol. The van der Waals surface area contributed by atoms with E-state index in [1.54, 1.807) is 13.2 Å². The summed E-state index contributed by atoms with van der Waals surface area (Å²) in [5.41, 5.74) is 2.83. The van der Waals surface area contributed by atoms with Crippen LogP contribution in [0.2, 0.25) is 0 Å². The molecule has 0 saturated heterocycles. The minimum Gasteiger partial charge on any atom is -0.389 e. The Bertz CT molecular complexity index is 507. The molecule has 0 amide bonds. The van der Waals surface area contributed by atoms with E-state index >= 15 is 0 Å². The first-order valence-corrected chi connectivity index (χ1v) is 5.72. The van der Waals surface area contributed by atoms with Gasteiger partial charge in [0, 0.05) is 29.2 Å². The Morgan fingerprint density at radius 1 is 1.35 bits per heavy atom. The summed E-state index contributed by atoms with van der Waals surface area (Å²) in [6.45, 7) is 2.36. The van der Waals surface area contributed by atoms with Crippen LogP contribution < -0.4 is 5.32 Å². The maximum atomic E-state index is 10.1. The highest BCUT2D eigenvalue weighted by atomic mass is 16.3. The number of hydrogen-bond acceptors (Lipinski definition) is 3. The molecule has 2 aromatic rings. The van der Waals surface area contributed by atoms with Gasteiger partial charge in [-0.1, -0.05) is 12.1 Å². The van der Waals surface area contributed by atoms with Gasteiger partial charge in [0.15, 0.2) is 0 Å². The Balaban J connectivity index is 2.42. The third-order valence-corrected chi connectivity index (χ3v) is 3.04. The highest BCUT2D eigenvalue weighted by Gasteiger charge is 2.21. The lowest BCUT2D eigenvalue weighted by Gasteiger charge is -2.17. The number of nitrogens with one attached hydrogen (secondary N) is 2. The summed E-state index contributed by atoms with van der Waals surface area (Å²) < 4.78 is 0. The predicted molar refractivity (Wildman–Crippen MR) is 67.9 cm³/mol. The van der Waals surface area contributed by atoms with Crippen LogP contribution in [0.25, 0.3) is 10.9 Å². The zero-order chi connectivity index (χ0) is 12.4. The smallest absolute Gasteiger partial charge is 0.108 e. The van der Waals surface area contributed by atoms with Crippen molar-refractivity contribution in [2.45, 2.75) is 19.1 Å². The van der Waals surface area contributed by atoms with Crippen LogP contribution in [0, 0.1) is 6.92 Å². The number of aryl methyl sites for hydroxylation is 1. The molecule has 0 aliphatic carbocycles. The summed E-state index contributed by atoms with van der Waals surface area (Å²) in [5.74, 6) is 0. The zero-order valence-corrected chi connectivity index (χ0v) is 10.1. The topological polar surface area (TPSA) is 68.3 Å². The first kappa shape index (κ1) is 12.1. The molecule has 4 heteroatoms. The maximum Gasteiger partial charge on any atom is 0.108 e. The second-order valence-corrected chi connectivity index (χ2v) is 4.31. The summed E-state index contributed by atoms with van der Waals surface area (Å²) in [7, 11) is 1.75. The summed E-state index contributed by atoms with van der Waals surface area (Å²) >= 11 is 0. The fraction of sp³-hybridized carbons (Fsp3) is 0.385. The molecule has 92 valence electrons. The molecule has 0 aliphatic rings. The van der Waals surface area contributed by atoms with E-state index in [0.29, 0.717) is 6.54 Å². The van der Waals surface area contributed by atoms with Gasteiger partial charge in [-0.3, -0.25) is 0 Å². The molecule has 0 saturated carbocycles. The van der Waals surface area contributed by atoms with Gasteiger partial charge in [-0.25, -0.2) is 0 Å². The average Bonchev–Trinajstić information content (AvgIpc) is 2.73. The van der Waals surface area contributed by atoms with E-state index in [1.165, 1.54) is 0 Å². The van der Waals surface area contributed by atoms with Crippen molar-refractivity contribution in [1.82, 2.24) is 10.3 Å². The molecule has 2 unspecified atom stereocenters. The lowest BCUT2D eigenvalue weighted by Crippen LogP contribution is -2.29. The van der Waals surface area contributed by atoms with E-state index in [-0.39, 0.29) is 0 Å². The van der Waals surface area contributed by atoms with Gasteiger partial charge in [-0.15, -0.1) is 0 Å². The van der Waals surface area contributed by atoms with Crippen LogP contribution in [-0.2, 0) is 0 Å². The van der Waals surface area contributed by atoms with Gasteiger partial charge in [0.05, 0.1) is 6.10 Å². The Labute approximate surface area is 100 Å². The fourth-order valence-corrected chi connectivity index (χ4v) is 2.16. The molecule has 0 radical (unpaired) electrons. The number of fused-ring (bicyclic) bond motifs is 1. The normalized spacial score (nSPS) is 15.1. The van der Waals surface area contributed by atoms with E-state index in [1.807, 2.05) is 25.1 Å². The molecular formula is C13H18N2O2. The highest BCUT2D eigenvalue weighted by Crippen LogP contribution is 2.28. The molecule has 0 fully saturated rings. The maximum absolute atomic E-state index is 10.1. The molecule has 1 heterocycles. The molecule has 1 aromatic heterocycles. The fourth-order valence-electron chi connectivity index (χ4n) is 2.16. The molecule has 4 nitrogen and oxygen atoms in total. The Hall–Kier alpha value is -1.36. The number of H-pyrrole nitrogens is 1. The molecular weight excluding hydrogens is 216 g/mol. The van der Waals surface area contributed by atoms with Gasteiger partial charge in [-0.05, 0) is 25.6 Å². The van der Waals surface area contributed by atoms with Crippen LogP contribution in [0.5, 0.6) is 0 Å². The zero-order valence-electron chi connectivity index (χ0n) is 10.1. The molecule has 0 bridgehead atoms. The number of hydrogen-bond donors (Lipinski definition) is 4. The number of likely N-dealkylation sites (N-methyl/N-ethyl adjacent to an activating group) is 1. The van der Waals surface area contributed by atoms with Crippen molar-refractivity contribution in [2.75, 3.05) is 13.6 Å². The number of aromatic amines is 1. The third-order valence-electron chi connectivity index (χ3n) is 3.04. The van der Waals surface area contributed by atoms with Gasteiger partial charge in [0.2, 0.25) is 0 Å². The highest BCUT2D eigenvalue weighted by molar-refractivity contribution is 5.86. The molecule has 4 N–H and O–H groups in total. The first-order chi connectivity index (χ1) is 8.15. The summed E-state index contributed by atoms with van der Waals surface area (Å²) in [6.07, 6.45) is 0.0807. The van der Waals surface area contributed by atoms with Crippen LogP contribution >= 0.6 is 0 Å². The van der Waals surface area contributed by atoms with Gasteiger partial charge in [-0.2, -0.15) is 0 Å². The second kappa shape index (κ2) is 4.87. The van der Waals surface area contributed by atoms with Crippen LogP contribution in [0.3, 0.4) is 0 Å². The summed E-state index contributed by atoms with van der Waals surface area (Å²) in [6, 6.07) is 5.92. The van der Waals surface area contributed by atoms with Crippen LogP contribution in [0.4, 0.5) is 0 Å². The first-order valence-electron chi connectivity index (χ1n) is 5.72. The quantitative estimate of drug-likeness (QED) is 0.640. The van der Waals surface area contributed by atoms with Crippen LogP contribution in [-0.4, -0.2) is 34.9 Å². The van der Waals surface area contributed by atoms with E-state index in [0.717, 1.165) is 22.0 Å². The molecule has 2 atom stereocenters. The van der Waals surface area contributed by atoms with Crippen molar-refractivity contribution in [3.05, 3.63) is 35.5 Å². The Morgan fingerprint density at radius 3 is 2.82 bits per heavy atom. The van der Waals surface area contributed by atoms with E-state index in [4.69, 9.17) is 0 Å². The lowest BCUT2D eigenvalue weighted by molar-refractivity contribution is 0.0211. The van der Waals surface area contributed by atoms with Gasteiger partial charge < -0.3 is 20.5 Å². The molecule has 0 aliphatic heterocycles. The van der Waals surface area contributed by atoms with E-state index < -0.39 is 12.2 Å². The molecule has 2 rings (SSSR count). The third kappa shape index (κ3) is 2.20. The van der Waals surface area contributed by atoms with Gasteiger partial charge in [0.1, 0.15) is 6.10 Å². The number of aliphatic hydroxyl groups is 2. The molecule has 1 aromatic carbocycles. The van der Waals surface area contributed by atoms with Gasteiger partial charge in [0.25, 0.3) is 0 Å². The Morgan fingerprint density at radius 2 is 2.12 bits per heavy atom. The minimum atomic E-state index is -0.878. The number of aliphatic hydroxyl groups excluding tert-OH is 2. The SMILES string of the molecule is CNCC(O)C(O)c1c[nH]c2cccc(C)c12. The molecule has 0 spiro atoms. The largest absolute Gasteiger partial charge is 0.389 e. The van der Waals surface area contributed by atoms with Crippen molar-refractivity contribution in [2.24, 2.45) is 0 Å². The van der Waals surface area contributed by atoms with Crippen LogP contribution in [0.1, 0.15) is 17.2 Å². The number of aromatic nitrogens is 1. The van der Waals surface area contributed by atoms with E-state index in [9.17, 15) is 10.2 Å².